The number of phenols is 1. The molecule has 0 saturated heterocycles. The second-order valence-corrected chi connectivity index (χ2v) is 5.06. The van der Waals surface area contributed by atoms with E-state index in [9.17, 15) is 9.90 Å². The molecule has 18 heavy (non-hydrogen) atoms. The SMILES string of the molecule is Cc1cc(C(=O)Nc2ccc(I)cn2)ccc1O. The highest BCUT2D eigenvalue weighted by atomic mass is 127. The minimum absolute atomic E-state index is 0.180. The molecule has 1 heterocycles. The number of hydrogen-bond donors (Lipinski definition) is 2. The topological polar surface area (TPSA) is 62.2 Å². The van der Waals surface area contributed by atoms with Crippen LogP contribution in [0.3, 0.4) is 0 Å². The van der Waals surface area contributed by atoms with Gasteiger partial charge in [0.2, 0.25) is 0 Å². The van der Waals surface area contributed by atoms with Crippen LogP contribution in [0.1, 0.15) is 15.9 Å². The van der Waals surface area contributed by atoms with Gasteiger partial charge in [0.05, 0.1) is 0 Å². The van der Waals surface area contributed by atoms with Gasteiger partial charge in [0.1, 0.15) is 11.6 Å². The van der Waals surface area contributed by atoms with Crippen molar-refractivity contribution in [2.45, 2.75) is 6.92 Å². The molecule has 2 aromatic rings. The number of carbonyl (C=O) groups excluding carboxylic acids is 1. The van der Waals surface area contributed by atoms with Crippen molar-refractivity contribution in [2.24, 2.45) is 0 Å². The predicted octanol–water partition coefficient (Wildman–Crippen LogP) is 2.95. The molecule has 0 aliphatic carbocycles. The smallest absolute Gasteiger partial charge is 0.256 e. The Morgan fingerprint density at radius 1 is 1.33 bits per heavy atom. The Balaban J connectivity index is 2.16. The normalized spacial score (nSPS) is 10.1. The van der Waals surface area contributed by atoms with Crippen LogP contribution in [0.4, 0.5) is 5.82 Å². The van der Waals surface area contributed by atoms with Gasteiger partial charge in [-0.15, -0.1) is 0 Å². The van der Waals surface area contributed by atoms with Crippen LogP contribution in [0.2, 0.25) is 0 Å². The van der Waals surface area contributed by atoms with Crippen LogP contribution < -0.4 is 5.32 Å². The van der Waals surface area contributed by atoms with E-state index in [2.05, 4.69) is 32.9 Å². The van der Waals surface area contributed by atoms with Gasteiger partial charge in [-0.05, 0) is 65.4 Å². The number of aryl methyl sites for hydroxylation is 1. The van der Waals surface area contributed by atoms with Crippen LogP contribution >= 0.6 is 22.6 Å². The number of aromatic hydroxyl groups is 1. The van der Waals surface area contributed by atoms with Crippen LogP contribution in [-0.4, -0.2) is 16.0 Å². The Kier molecular flexibility index (Phi) is 3.81. The molecule has 0 fully saturated rings. The fourth-order valence-electron chi connectivity index (χ4n) is 1.43. The van der Waals surface area contributed by atoms with E-state index >= 15 is 0 Å². The lowest BCUT2D eigenvalue weighted by molar-refractivity contribution is 0.102. The summed E-state index contributed by atoms with van der Waals surface area (Å²) in [5.41, 5.74) is 1.16. The number of rotatable bonds is 2. The average molecular weight is 354 g/mol. The van der Waals surface area contributed by atoms with Crippen molar-refractivity contribution >= 4 is 34.3 Å². The highest BCUT2D eigenvalue weighted by molar-refractivity contribution is 14.1. The molecule has 0 aliphatic heterocycles. The zero-order valence-electron chi connectivity index (χ0n) is 9.64. The van der Waals surface area contributed by atoms with Gasteiger partial charge in [-0.2, -0.15) is 0 Å². The van der Waals surface area contributed by atoms with Crippen LogP contribution in [0.5, 0.6) is 5.75 Å². The molecule has 0 spiro atoms. The number of anilines is 1. The number of benzene rings is 1. The summed E-state index contributed by atoms with van der Waals surface area (Å²) in [6, 6.07) is 8.32. The van der Waals surface area contributed by atoms with Crippen LogP contribution in [0.25, 0.3) is 0 Å². The lowest BCUT2D eigenvalue weighted by Crippen LogP contribution is -2.12. The van der Waals surface area contributed by atoms with Gasteiger partial charge >= 0.3 is 0 Å². The number of phenolic OH excluding ortho intramolecular Hbond substituents is 1. The third-order valence-electron chi connectivity index (χ3n) is 2.43. The van der Waals surface area contributed by atoms with Gasteiger partial charge in [0, 0.05) is 15.3 Å². The number of carbonyl (C=O) groups is 1. The van der Waals surface area contributed by atoms with E-state index in [1.807, 2.05) is 6.07 Å². The summed E-state index contributed by atoms with van der Waals surface area (Å²) >= 11 is 2.15. The summed E-state index contributed by atoms with van der Waals surface area (Å²) in [6.07, 6.45) is 1.68. The number of nitrogens with one attached hydrogen (secondary N) is 1. The Hall–Kier alpha value is -1.63. The minimum Gasteiger partial charge on any atom is -0.508 e. The summed E-state index contributed by atoms with van der Waals surface area (Å²) < 4.78 is 1.01. The van der Waals surface area contributed by atoms with E-state index in [1.165, 1.54) is 6.07 Å². The first-order chi connectivity index (χ1) is 8.56. The Labute approximate surface area is 118 Å². The Bertz CT molecular complexity index is 582. The van der Waals surface area contributed by atoms with Crippen LogP contribution in [0, 0.1) is 10.5 Å². The van der Waals surface area contributed by atoms with E-state index in [-0.39, 0.29) is 11.7 Å². The molecule has 5 heteroatoms. The average Bonchev–Trinajstić information content (AvgIpc) is 2.35. The fraction of sp³-hybridized carbons (Fsp3) is 0.0769. The third kappa shape index (κ3) is 2.98. The molecule has 2 N–H and O–H groups in total. The van der Waals surface area contributed by atoms with Crippen molar-refractivity contribution in [3.8, 4) is 5.75 Å². The van der Waals surface area contributed by atoms with E-state index in [1.54, 1.807) is 31.3 Å². The fourth-order valence-corrected chi connectivity index (χ4v) is 1.75. The maximum Gasteiger partial charge on any atom is 0.256 e. The van der Waals surface area contributed by atoms with E-state index in [4.69, 9.17) is 0 Å². The van der Waals surface area contributed by atoms with Gasteiger partial charge in [-0.25, -0.2) is 4.98 Å². The zero-order chi connectivity index (χ0) is 13.1. The first-order valence-corrected chi connectivity index (χ1v) is 6.36. The van der Waals surface area contributed by atoms with Gasteiger partial charge in [-0.1, -0.05) is 0 Å². The van der Waals surface area contributed by atoms with E-state index in [0.717, 1.165) is 3.57 Å². The number of halogens is 1. The quantitative estimate of drug-likeness (QED) is 0.816. The van der Waals surface area contributed by atoms with E-state index < -0.39 is 0 Å². The Morgan fingerprint density at radius 2 is 2.11 bits per heavy atom. The Morgan fingerprint density at radius 3 is 2.72 bits per heavy atom. The van der Waals surface area contributed by atoms with Gasteiger partial charge < -0.3 is 10.4 Å². The summed E-state index contributed by atoms with van der Waals surface area (Å²) in [7, 11) is 0. The number of aromatic nitrogens is 1. The molecule has 1 aromatic carbocycles. The van der Waals surface area contributed by atoms with Crippen molar-refractivity contribution < 1.29 is 9.90 Å². The number of hydrogen-bond acceptors (Lipinski definition) is 3. The first-order valence-electron chi connectivity index (χ1n) is 5.29. The highest BCUT2D eigenvalue weighted by Gasteiger charge is 2.08. The summed E-state index contributed by atoms with van der Waals surface area (Å²) in [5, 5.41) is 12.1. The summed E-state index contributed by atoms with van der Waals surface area (Å²) in [5.74, 6) is 0.442. The number of nitrogens with zero attached hydrogens (tertiary/aromatic N) is 1. The number of amides is 1. The standard InChI is InChI=1S/C13H11IN2O2/c1-8-6-9(2-4-11(8)17)13(18)16-12-5-3-10(14)7-15-12/h2-7,17H,1H3,(H,15,16,18). The maximum absolute atomic E-state index is 11.9. The number of pyridine rings is 1. The molecule has 1 amide bonds. The molecule has 0 atom stereocenters. The van der Waals surface area contributed by atoms with Gasteiger partial charge in [0.25, 0.3) is 5.91 Å². The predicted molar refractivity (Wildman–Crippen MR) is 77.8 cm³/mol. The molecular weight excluding hydrogens is 343 g/mol. The van der Waals surface area contributed by atoms with Crippen molar-refractivity contribution in [1.82, 2.24) is 4.98 Å². The summed E-state index contributed by atoms with van der Waals surface area (Å²) in [6.45, 7) is 1.75. The molecule has 0 radical (unpaired) electrons. The lowest BCUT2D eigenvalue weighted by Gasteiger charge is -2.06. The molecule has 0 saturated carbocycles. The molecule has 0 unspecified atom stereocenters. The highest BCUT2D eigenvalue weighted by Crippen LogP contribution is 2.17. The molecule has 4 nitrogen and oxygen atoms in total. The largest absolute Gasteiger partial charge is 0.508 e. The molecule has 92 valence electrons. The minimum atomic E-state index is -0.244. The van der Waals surface area contributed by atoms with E-state index in [0.29, 0.717) is 16.9 Å². The van der Waals surface area contributed by atoms with Crippen molar-refractivity contribution in [3.63, 3.8) is 0 Å². The molecule has 2 rings (SSSR count). The maximum atomic E-state index is 11.9. The second-order valence-electron chi connectivity index (χ2n) is 3.82. The monoisotopic (exact) mass is 354 g/mol. The molecule has 0 bridgehead atoms. The van der Waals surface area contributed by atoms with Crippen molar-refractivity contribution in [1.29, 1.82) is 0 Å². The molecule has 0 aliphatic rings. The molecular formula is C13H11IN2O2. The zero-order valence-corrected chi connectivity index (χ0v) is 11.8. The van der Waals surface area contributed by atoms with Crippen LogP contribution in [0.15, 0.2) is 36.5 Å². The van der Waals surface area contributed by atoms with Gasteiger partial charge in [0.15, 0.2) is 0 Å². The van der Waals surface area contributed by atoms with Crippen molar-refractivity contribution in [3.05, 3.63) is 51.2 Å². The molecule has 1 aromatic heterocycles. The lowest BCUT2D eigenvalue weighted by atomic mass is 10.1. The first kappa shape index (κ1) is 12.8. The third-order valence-corrected chi connectivity index (χ3v) is 3.07. The second kappa shape index (κ2) is 5.34. The van der Waals surface area contributed by atoms with Crippen molar-refractivity contribution in [2.75, 3.05) is 5.32 Å². The van der Waals surface area contributed by atoms with Crippen LogP contribution in [-0.2, 0) is 0 Å². The summed E-state index contributed by atoms with van der Waals surface area (Å²) in [4.78, 5) is 16.0. The van der Waals surface area contributed by atoms with Gasteiger partial charge in [-0.3, -0.25) is 4.79 Å².